The third-order valence-corrected chi connectivity index (χ3v) is 5.15. The quantitative estimate of drug-likeness (QED) is 0.717. The van der Waals surface area contributed by atoms with Crippen molar-refractivity contribution in [3.05, 3.63) is 59.9 Å². The average Bonchev–Trinajstić information content (AvgIpc) is 2.53. The Labute approximate surface area is 154 Å². The number of nitrogens with zero attached hydrogens (tertiary/aromatic N) is 1. The maximum atomic E-state index is 13.5. The Balaban J connectivity index is 2.26. The molecule has 0 bridgehead atoms. The normalized spacial score (nSPS) is 13.6. The first-order valence-electron chi connectivity index (χ1n) is 7.76. The lowest BCUT2D eigenvalue weighted by molar-refractivity contribution is -0.275. The van der Waals surface area contributed by atoms with Crippen LogP contribution in [0.3, 0.4) is 0 Å². The summed E-state index contributed by atoms with van der Waals surface area (Å²) in [6.07, 6.45) is -5.03. The fraction of sp³-hybridized carbons (Fsp3) is 0.294. The van der Waals surface area contributed by atoms with Gasteiger partial charge in [0.1, 0.15) is 16.5 Å². The number of hydrogen-bond donors (Lipinski definition) is 1. The molecule has 0 aliphatic rings. The van der Waals surface area contributed by atoms with E-state index in [9.17, 15) is 26.0 Å². The van der Waals surface area contributed by atoms with Gasteiger partial charge in [-0.25, -0.2) is 17.5 Å². The van der Waals surface area contributed by atoms with Gasteiger partial charge < -0.3 is 9.64 Å². The van der Waals surface area contributed by atoms with E-state index in [4.69, 9.17) is 0 Å². The molecule has 1 N–H and O–H groups in total. The minimum Gasteiger partial charge on any atom is -0.404 e. The van der Waals surface area contributed by atoms with E-state index in [0.29, 0.717) is 5.56 Å². The van der Waals surface area contributed by atoms with Gasteiger partial charge in [-0.1, -0.05) is 24.3 Å². The topological polar surface area (TPSA) is 58.6 Å². The molecule has 5 nitrogen and oxygen atoms in total. The van der Waals surface area contributed by atoms with Gasteiger partial charge in [0.2, 0.25) is 10.0 Å². The summed E-state index contributed by atoms with van der Waals surface area (Å²) in [5, 5.41) is 0. The molecular formula is C17H18F4N2O3S. The maximum absolute atomic E-state index is 13.5. The average molecular weight is 406 g/mol. The lowest BCUT2D eigenvalue weighted by Crippen LogP contribution is -2.35. The van der Waals surface area contributed by atoms with Crippen molar-refractivity contribution in [2.75, 3.05) is 20.6 Å². The van der Waals surface area contributed by atoms with Crippen LogP contribution in [0.15, 0.2) is 53.4 Å². The van der Waals surface area contributed by atoms with Gasteiger partial charge in [-0.3, -0.25) is 0 Å². The summed E-state index contributed by atoms with van der Waals surface area (Å²) in [6.45, 7) is -0.181. The number of likely N-dealkylation sites (N-methyl/N-ethyl adjacent to an activating group) is 1. The van der Waals surface area contributed by atoms with Gasteiger partial charge in [0.25, 0.3) is 0 Å². The molecule has 0 fully saturated rings. The Bertz CT molecular complexity index is 886. The lowest BCUT2D eigenvalue weighted by atomic mass is 10.1. The number of para-hydroxylation sites is 1. The van der Waals surface area contributed by atoms with E-state index in [1.807, 2.05) is 0 Å². The van der Waals surface area contributed by atoms with Crippen molar-refractivity contribution in [3.63, 3.8) is 0 Å². The zero-order chi connectivity index (χ0) is 20.2. The number of alkyl halides is 3. The Hall–Kier alpha value is -2.17. The van der Waals surface area contributed by atoms with Crippen molar-refractivity contribution in [3.8, 4) is 5.75 Å². The van der Waals surface area contributed by atoms with Crippen molar-refractivity contribution < 1.29 is 30.7 Å². The second-order valence-electron chi connectivity index (χ2n) is 5.88. The highest BCUT2D eigenvalue weighted by molar-refractivity contribution is 7.89. The van der Waals surface area contributed by atoms with E-state index in [0.717, 1.165) is 12.1 Å². The molecule has 0 radical (unpaired) electrons. The highest BCUT2D eigenvalue weighted by Crippen LogP contribution is 2.29. The molecule has 0 amide bonds. The van der Waals surface area contributed by atoms with Crippen LogP contribution in [-0.2, 0) is 10.0 Å². The molecule has 148 valence electrons. The standard InChI is InChI=1S/C17H18F4N2O3S/c1-23(2)14(12-6-5-7-13(18)10-12)11-22-27(24,25)16-9-4-3-8-15(16)26-17(19,20)21/h3-10,14,22H,11H2,1-2H3/t14-/m0/s1. The Morgan fingerprint density at radius 3 is 2.37 bits per heavy atom. The highest BCUT2D eigenvalue weighted by atomic mass is 32.2. The molecule has 0 aliphatic carbocycles. The zero-order valence-electron chi connectivity index (χ0n) is 14.5. The highest BCUT2D eigenvalue weighted by Gasteiger charge is 2.34. The van der Waals surface area contributed by atoms with E-state index in [2.05, 4.69) is 9.46 Å². The number of ether oxygens (including phenoxy) is 1. The number of rotatable bonds is 7. The molecule has 2 aromatic rings. The van der Waals surface area contributed by atoms with Crippen LogP contribution in [0.1, 0.15) is 11.6 Å². The summed E-state index contributed by atoms with van der Waals surface area (Å²) in [6, 6.07) is 9.54. The van der Waals surface area contributed by atoms with Gasteiger partial charge in [0, 0.05) is 12.6 Å². The van der Waals surface area contributed by atoms with Crippen LogP contribution in [0.25, 0.3) is 0 Å². The van der Waals surface area contributed by atoms with Crippen LogP contribution < -0.4 is 9.46 Å². The molecule has 27 heavy (non-hydrogen) atoms. The van der Waals surface area contributed by atoms with Crippen LogP contribution in [0, 0.1) is 5.82 Å². The summed E-state index contributed by atoms with van der Waals surface area (Å²) in [4.78, 5) is 1.02. The first kappa shape index (κ1) is 21.1. The minimum atomic E-state index is -5.03. The van der Waals surface area contributed by atoms with Gasteiger partial charge in [0.15, 0.2) is 0 Å². The molecule has 2 rings (SSSR count). The van der Waals surface area contributed by atoms with E-state index >= 15 is 0 Å². The molecule has 0 unspecified atom stereocenters. The van der Waals surface area contributed by atoms with Crippen molar-refractivity contribution >= 4 is 10.0 Å². The Morgan fingerprint density at radius 1 is 1.11 bits per heavy atom. The first-order chi connectivity index (χ1) is 12.5. The van der Waals surface area contributed by atoms with Crippen LogP contribution in [0.4, 0.5) is 17.6 Å². The van der Waals surface area contributed by atoms with Gasteiger partial charge in [-0.05, 0) is 43.9 Å². The zero-order valence-corrected chi connectivity index (χ0v) is 15.3. The molecule has 0 aromatic heterocycles. The first-order valence-corrected chi connectivity index (χ1v) is 9.24. The SMILES string of the molecule is CN(C)[C@@H](CNS(=O)(=O)c1ccccc1OC(F)(F)F)c1cccc(F)c1. The fourth-order valence-corrected chi connectivity index (χ4v) is 3.63. The van der Waals surface area contributed by atoms with Crippen molar-refractivity contribution in [1.82, 2.24) is 9.62 Å². The monoisotopic (exact) mass is 406 g/mol. The second-order valence-corrected chi connectivity index (χ2v) is 7.62. The summed E-state index contributed by atoms with van der Waals surface area (Å²) >= 11 is 0. The molecular weight excluding hydrogens is 388 g/mol. The van der Waals surface area contributed by atoms with E-state index < -0.39 is 38.9 Å². The maximum Gasteiger partial charge on any atom is 0.573 e. The predicted molar refractivity (Wildman–Crippen MR) is 91.1 cm³/mol. The smallest absolute Gasteiger partial charge is 0.404 e. The van der Waals surface area contributed by atoms with Gasteiger partial charge in [-0.15, -0.1) is 13.2 Å². The minimum absolute atomic E-state index is 0.181. The second kappa shape index (κ2) is 8.24. The third-order valence-electron chi connectivity index (χ3n) is 3.69. The predicted octanol–water partition coefficient (Wildman–Crippen LogP) is 3.31. The van der Waals surface area contributed by atoms with E-state index in [1.54, 1.807) is 25.1 Å². The van der Waals surface area contributed by atoms with Crippen molar-refractivity contribution in [1.29, 1.82) is 0 Å². The van der Waals surface area contributed by atoms with Gasteiger partial charge in [0.05, 0.1) is 0 Å². The largest absolute Gasteiger partial charge is 0.573 e. The van der Waals surface area contributed by atoms with Crippen molar-refractivity contribution in [2.24, 2.45) is 0 Å². The molecule has 0 saturated carbocycles. The summed E-state index contributed by atoms with van der Waals surface area (Å²) in [5.74, 6) is -1.31. The van der Waals surface area contributed by atoms with Crippen LogP contribution in [0.5, 0.6) is 5.75 Å². The molecule has 0 spiro atoms. The fourth-order valence-electron chi connectivity index (χ4n) is 2.46. The van der Waals surface area contributed by atoms with Crippen LogP contribution in [0.2, 0.25) is 0 Å². The Kier molecular flexibility index (Phi) is 6.45. The molecule has 0 aliphatic heterocycles. The summed E-state index contributed by atoms with van der Waals surface area (Å²) < 4.78 is 82.1. The van der Waals surface area contributed by atoms with Gasteiger partial charge in [-0.2, -0.15) is 0 Å². The number of nitrogens with one attached hydrogen (secondary N) is 1. The number of halogens is 4. The molecule has 0 heterocycles. The summed E-state index contributed by atoms with van der Waals surface area (Å²) in [7, 11) is -0.963. The number of hydrogen-bond acceptors (Lipinski definition) is 4. The van der Waals surface area contributed by atoms with Gasteiger partial charge >= 0.3 is 6.36 Å². The third kappa shape index (κ3) is 5.91. The Morgan fingerprint density at radius 2 is 1.78 bits per heavy atom. The van der Waals surface area contributed by atoms with Crippen LogP contribution in [-0.4, -0.2) is 40.3 Å². The lowest BCUT2D eigenvalue weighted by Gasteiger charge is -2.25. The van der Waals surface area contributed by atoms with E-state index in [1.165, 1.54) is 30.3 Å². The molecule has 10 heteroatoms. The number of sulfonamides is 1. The summed E-state index contributed by atoms with van der Waals surface area (Å²) in [5.41, 5.74) is 0.516. The number of benzene rings is 2. The molecule has 1 atom stereocenters. The molecule has 0 saturated heterocycles. The van der Waals surface area contributed by atoms with Crippen molar-refractivity contribution in [2.45, 2.75) is 17.3 Å². The van der Waals surface area contributed by atoms with Crippen LogP contribution >= 0.6 is 0 Å². The molecule has 2 aromatic carbocycles. The van der Waals surface area contributed by atoms with E-state index in [-0.39, 0.29) is 6.54 Å².